The third-order valence-electron chi connectivity index (χ3n) is 6.04. The highest BCUT2D eigenvalue weighted by Crippen LogP contribution is 2.26. The van der Waals surface area contributed by atoms with Crippen molar-refractivity contribution >= 4 is 40.9 Å². The predicted molar refractivity (Wildman–Crippen MR) is 125 cm³/mol. The molecular formula is C22H25Cl2N5O4. The minimum absolute atomic E-state index is 0.00482. The number of alkyl carbamates (subject to hydrolysis) is 1. The number of nitrogens with one attached hydrogen (secondary N) is 3. The highest BCUT2D eigenvalue weighted by Gasteiger charge is 2.29. The van der Waals surface area contributed by atoms with E-state index < -0.39 is 11.7 Å². The molecule has 11 heteroatoms. The maximum atomic E-state index is 12.4. The van der Waals surface area contributed by atoms with Crippen LogP contribution in [0.2, 0.25) is 10.0 Å². The van der Waals surface area contributed by atoms with Gasteiger partial charge in [0.2, 0.25) is 0 Å². The first-order chi connectivity index (χ1) is 15.9. The molecule has 1 saturated heterocycles. The number of rotatable bonds is 5. The fraction of sp³-hybridized carbons (Fsp3) is 0.455. The zero-order valence-electron chi connectivity index (χ0n) is 17.9. The molecule has 1 saturated carbocycles. The lowest BCUT2D eigenvalue weighted by Crippen LogP contribution is -2.44. The molecule has 1 aromatic carbocycles. The summed E-state index contributed by atoms with van der Waals surface area (Å²) >= 11 is 12.2. The van der Waals surface area contributed by atoms with Crippen LogP contribution in [0.25, 0.3) is 0 Å². The van der Waals surface area contributed by atoms with E-state index >= 15 is 0 Å². The van der Waals surface area contributed by atoms with Crippen LogP contribution < -0.4 is 21.1 Å². The summed E-state index contributed by atoms with van der Waals surface area (Å²) in [6.45, 7) is 1.05. The second-order valence-corrected chi connectivity index (χ2v) is 9.09. The third-order valence-corrected chi connectivity index (χ3v) is 6.73. The molecule has 33 heavy (non-hydrogen) atoms. The number of aromatic amines is 1. The number of anilines is 1. The number of amides is 2. The normalized spacial score (nSPS) is 22.6. The van der Waals surface area contributed by atoms with E-state index in [1.165, 1.54) is 6.20 Å². The Hall–Kier alpha value is -2.78. The van der Waals surface area contributed by atoms with Gasteiger partial charge in [-0.3, -0.25) is 9.59 Å². The monoisotopic (exact) mass is 493 g/mol. The first-order valence-electron chi connectivity index (χ1n) is 10.9. The number of carbonyl (C=O) groups is 2. The summed E-state index contributed by atoms with van der Waals surface area (Å²) in [6, 6.07) is 6.99. The molecule has 0 unspecified atom stereocenters. The van der Waals surface area contributed by atoms with E-state index in [0.717, 1.165) is 25.7 Å². The minimum Gasteiger partial charge on any atom is -0.444 e. The fourth-order valence-corrected chi connectivity index (χ4v) is 4.71. The molecule has 1 aliphatic heterocycles. The van der Waals surface area contributed by atoms with Crippen molar-refractivity contribution in [2.75, 3.05) is 18.0 Å². The van der Waals surface area contributed by atoms with Crippen LogP contribution in [-0.2, 0) is 4.74 Å². The zero-order chi connectivity index (χ0) is 23.4. The summed E-state index contributed by atoms with van der Waals surface area (Å²) in [4.78, 5) is 38.3. The SMILES string of the molecule is O=C(N[C@H]1CC[C@H](NC(=O)c2ccccc2Cl)CC1)O[C@@H]1CCN(c2cn[nH]c(=O)c2Cl)C1. The van der Waals surface area contributed by atoms with E-state index in [1.807, 2.05) is 4.90 Å². The smallest absolute Gasteiger partial charge is 0.407 e. The van der Waals surface area contributed by atoms with Crippen LogP contribution in [0.1, 0.15) is 42.5 Å². The molecule has 2 amide bonds. The van der Waals surface area contributed by atoms with Crippen LogP contribution in [0, 0.1) is 0 Å². The molecular weight excluding hydrogens is 469 g/mol. The maximum absolute atomic E-state index is 12.4. The standard InChI is InChI=1S/C22H25Cl2N5O4/c23-17-4-2-1-3-16(17)20(30)26-13-5-7-14(8-6-13)27-22(32)33-15-9-10-29(12-15)18-11-25-28-21(31)19(18)24/h1-4,11,13-15H,5-10,12H2,(H,26,30)(H,27,32)(H,28,31)/t13-,14-,15-/m1/s1. The van der Waals surface area contributed by atoms with Crippen molar-refractivity contribution in [1.82, 2.24) is 20.8 Å². The molecule has 2 heterocycles. The number of halogens is 2. The van der Waals surface area contributed by atoms with Gasteiger partial charge in [0, 0.05) is 25.0 Å². The fourth-order valence-electron chi connectivity index (χ4n) is 4.28. The van der Waals surface area contributed by atoms with E-state index in [2.05, 4.69) is 20.8 Å². The Labute approximate surface area is 200 Å². The van der Waals surface area contributed by atoms with E-state index in [0.29, 0.717) is 35.8 Å². The first-order valence-corrected chi connectivity index (χ1v) is 11.7. The molecule has 2 aromatic rings. The summed E-state index contributed by atoms with van der Waals surface area (Å²) in [5, 5.41) is 12.5. The lowest BCUT2D eigenvalue weighted by molar-refractivity contribution is 0.0909. The molecule has 9 nitrogen and oxygen atoms in total. The van der Waals surface area contributed by atoms with Crippen LogP contribution in [0.4, 0.5) is 10.5 Å². The second kappa shape index (κ2) is 10.4. The Balaban J connectivity index is 1.20. The summed E-state index contributed by atoms with van der Waals surface area (Å²) in [7, 11) is 0. The number of benzene rings is 1. The quantitative estimate of drug-likeness (QED) is 0.588. The van der Waals surface area contributed by atoms with E-state index in [1.54, 1.807) is 24.3 Å². The van der Waals surface area contributed by atoms with Gasteiger partial charge in [0.1, 0.15) is 11.1 Å². The first kappa shape index (κ1) is 23.4. The Bertz CT molecular complexity index is 1070. The van der Waals surface area contributed by atoms with Crippen molar-refractivity contribution in [3.63, 3.8) is 0 Å². The molecule has 2 fully saturated rings. The van der Waals surface area contributed by atoms with Crippen molar-refractivity contribution in [2.45, 2.75) is 50.3 Å². The van der Waals surface area contributed by atoms with Gasteiger partial charge in [-0.2, -0.15) is 5.10 Å². The second-order valence-electron chi connectivity index (χ2n) is 8.31. The largest absolute Gasteiger partial charge is 0.444 e. The zero-order valence-corrected chi connectivity index (χ0v) is 19.4. The molecule has 0 radical (unpaired) electrons. The Kier molecular flexibility index (Phi) is 7.39. The van der Waals surface area contributed by atoms with Crippen LogP contribution in [0.5, 0.6) is 0 Å². The Morgan fingerprint density at radius 2 is 1.76 bits per heavy atom. The average molecular weight is 494 g/mol. The molecule has 1 aliphatic carbocycles. The number of hydrogen-bond acceptors (Lipinski definition) is 6. The molecule has 176 valence electrons. The van der Waals surface area contributed by atoms with Gasteiger partial charge in [-0.15, -0.1) is 0 Å². The molecule has 2 aliphatic rings. The van der Waals surface area contributed by atoms with Gasteiger partial charge in [0.15, 0.2) is 0 Å². The number of ether oxygens (including phenoxy) is 1. The molecule has 4 rings (SSSR count). The van der Waals surface area contributed by atoms with E-state index in [4.69, 9.17) is 27.9 Å². The predicted octanol–water partition coefficient (Wildman–Crippen LogP) is 3.12. The number of H-pyrrole nitrogens is 1. The van der Waals surface area contributed by atoms with E-state index in [-0.39, 0.29) is 29.1 Å². The van der Waals surface area contributed by atoms with Crippen molar-refractivity contribution in [3.05, 3.63) is 56.4 Å². The van der Waals surface area contributed by atoms with Crippen molar-refractivity contribution in [1.29, 1.82) is 0 Å². The van der Waals surface area contributed by atoms with Gasteiger partial charge in [-0.1, -0.05) is 35.3 Å². The lowest BCUT2D eigenvalue weighted by atomic mass is 9.91. The highest BCUT2D eigenvalue weighted by molar-refractivity contribution is 6.34. The summed E-state index contributed by atoms with van der Waals surface area (Å²) in [5.74, 6) is -0.182. The van der Waals surface area contributed by atoms with Crippen LogP contribution in [0.3, 0.4) is 0 Å². The van der Waals surface area contributed by atoms with E-state index in [9.17, 15) is 14.4 Å². The number of aromatic nitrogens is 2. The molecule has 0 spiro atoms. The summed E-state index contributed by atoms with van der Waals surface area (Å²) in [6.07, 6.45) is 4.37. The van der Waals surface area contributed by atoms with Crippen LogP contribution in [0.15, 0.2) is 35.3 Å². The number of hydrogen-bond donors (Lipinski definition) is 3. The topological polar surface area (TPSA) is 116 Å². The number of carbonyl (C=O) groups excluding carboxylic acids is 2. The van der Waals surface area contributed by atoms with Crippen LogP contribution in [-0.4, -0.2) is 53.5 Å². The third kappa shape index (κ3) is 5.78. The van der Waals surface area contributed by atoms with Gasteiger partial charge in [-0.25, -0.2) is 9.89 Å². The van der Waals surface area contributed by atoms with Crippen LogP contribution >= 0.6 is 23.2 Å². The van der Waals surface area contributed by atoms with Gasteiger partial charge >= 0.3 is 6.09 Å². The van der Waals surface area contributed by atoms with Gasteiger partial charge in [0.25, 0.3) is 11.5 Å². The van der Waals surface area contributed by atoms with Gasteiger partial charge in [0.05, 0.1) is 29.0 Å². The molecule has 0 bridgehead atoms. The molecule has 3 N–H and O–H groups in total. The van der Waals surface area contributed by atoms with Gasteiger partial charge < -0.3 is 20.3 Å². The number of nitrogens with zero attached hydrogens (tertiary/aromatic N) is 2. The van der Waals surface area contributed by atoms with Crippen molar-refractivity contribution < 1.29 is 14.3 Å². The summed E-state index contributed by atoms with van der Waals surface area (Å²) < 4.78 is 5.57. The highest BCUT2D eigenvalue weighted by atomic mass is 35.5. The van der Waals surface area contributed by atoms with Gasteiger partial charge in [-0.05, 0) is 37.8 Å². The Morgan fingerprint density at radius 3 is 2.48 bits per heavy atom. The minimum atomic E-state index is -0.458. The molecule has 1 aromatic heterocycles. The lowest BCUT2D eigenvalue weighted by Gasteiger charge is -2.29. The molecule has 1 atom stereocenters. The maximum Gasteiger partial charge on any atom is 0.407 e. The van der Waals surface area contributed by atoms with Crippen molar-refractivity contribution in [3.8, 4) is 0 Å². The Morgan fingerprint density at radius 1 is 1.06 bits per heavy atom. The summed E-state index contributed by atoms with van der Waals surface area (Å²) in [5.41, 5.74) is 0.546. The average Bonchev–Trinajstić information content (AvgIpc) is 3.25. The van der Waals surface area contributed by atoms with Crippen molar-refractivity contribution in [2.24, 2.45) is 0 Å².